The van der Waals surface area contributed by atoms with Gasteiger partial charge in [0, 0.05) is 19.2 Å². The average molecular weight is 275 g/mol. The molecule has 19 heavy (non-hydrogen) atoms. The molecule has 4 nitrogen and oxygen atoms in total. The highest BCUT2D eigenvalue weighted by Gasteiger charge is 2.41. The molecule has 0 N–H and O–H groups in total. The maximum absolute atomic E-state index is 12.6. The summed E-state index contributed by atoms with van der Waals surface area (Å²) in [5.41, 5.74) is 0. The lowest BCUT2D eigenvalue weighted by atomic mass is 9.96. The minimum absolute atomic E-state index is 0.109. The quantitative estimate of drug-likeness (QED) is 0.850. The van der Waals surface area contributed by atoms with Gasteiger partial charge in [-0.15, -0.1) is 0 Å². The molecule has 1 aromatic heterocycles. The van der Waals surface area contributed by atoms with Crippen molar-refractivity contribution in [3.8, 4) is 5.88 Å². The van der Waals surface area contributed by atoms with E-state index in [4.69, 9.17) is 4.74 Å². The number of hydrogen-bond donors (Lipinski definition) is 0. The van der Waals surface area contributed by atoms with Crippen LogP contribution in [0.15, 0.2) is 12.4 Å². The Morgan fingerprint density at radius 2 is 2.00 bits per heavy atom. The van der Waals surface area contributed by atoms with Gasteiger partial charge in [-0.1, -0.05) is 0 Å². The SMILES string of the molecule is CCOc1cc(N2CCC(C(F)(F)F)CC2)ncn1. The molecule has 0 bridgehead atoms. The number of alkyl halides is 3. The lowest BCUT2D eigenvalue weighted by Gasteiger charge is -2.33. The van der Waals surface area contributed by atoms with Crippen molar-refractivity contribution in [1.29, 1.82) is 0 Å². The molecule has 1 aliphatic rings. The van der Waals surface area contributed by atoms with Crippen molar-refractivity contribution in [3.05, 3.63) is 12.4 Å². The summed E-state index contributed by atoms with van der Waals surface area (Å²) in [5, 5.41) is 0. The number of rotatable bonds is 3. The Balaban J connectivity index is 1.99. The number of anilines is 1. The molecule has 106 valence electrons. The van der Waals surface area contributed by atoms with E-state index in [0.29, 0.717) is 31.4 Å². The van der Waals surface area contributed by atoms with Crippen LogP contribution < -0.4 is 9.64 Å². The van der Waals surface area contributed by atoms with Gasteiger partial charge in [0.2, 0.25) is 5.88 Å². The fourth-order valence-corrected chi connectivity index (χ4v) is 2.17. The fraction of sp³-hybridized carbons (Fsp3) is 0.667. The predicted molar refractivity (Wildman–Crippen MR) is 64.2 cm³/mol. The molecule has 1 saturated heterocycles. The Labute approximate surface area is 109 Å². The first-order chi connectivity index (χ1) is 9.00. The molecule has 0 aliphatic carbocycles. The van der Waals surface area contributed by atoms with Crippen molar-refractivity contribution in [2.24, 2.45) is 5.92 Å². The smallest absolute Gasteiger partial charge is 0.391 e. The van der Waals surface area contributed by atoms with Gasteiger partial charge >= 0.3 is 6.18 Å². The Kier molecular flexibility index (Phi) is 4.11. The Morgan fingerprint density at radius 1 is 1.32 bits per heavy atom. The van der Waals surface area contributed by atoms with Crippen LogP contribution in [0.3, 0.4) is 0 Å². The molecule has 7 heteroatoms. The topological polar surface area (TPSA) is 38.2 Å². The van der Waals surface area contributed by atoms with Gasteiger partial charge in [-0.25, -0.2) is 9.97 Å². The Bertz CT molecular complexity index is 417. The average Bonchev–Trinajstić information content (AvgIpc) is 2.39. The summed E-state index contributed by atoms with van der Waals surface area (Å²) in [6.07, 6.45) is -2.50. The number of piperidine rings is 1. The van der Waals surface area contributed by atoms with Crippen LogP contribution in [0.2, 0.25) is 0 Å². The third-order valence-electron chi connectivity index (χ3n) is 3.20. The first-order valence-electron chi connectivity index (χ1n) is 6.27. The third kappa shape index (κ3) is 3.48. The molecule has 0 radical (unpaired) electrons. The molecule has 1 aliphatic heterocycles. The lowest BCUT2D eigenvalue weighted by molar-refractivity contribution is -0.179. The van der Waals surface area contributed by atoms with E-state index in [1.807, 2.05) is 11.8 Å². The van der Waals surface area contributed by atoms with Crippen LogP contribution in [0.1, 0.15) is 19.8 Å². The van der Waals surface area contributed by atoms with Gasteiger partial charge in [0.05, 0.1) is 12.5 Å². The molecule has 0 aromatic carbocycles. The van der Waals surface area contributed by atoms with E-state index in [-0.39, 0.29) is 12.8 Å². The monoisotopic (exact) mass is 275 g/mol. The molecule has 0 spiro atoms. The summed E-state index contributed by atoms with van der Waals surface area (Å²) in [5.74, 6) is -0.124. The van der Waals surface area contributed by atoms with E-state index >= 15 is 0 Å². The van der Waals surface area contributed by atoms with Crippen molar-refractivity contribution in [1.82, 2.24) is 9.97 Å². The Hall–Kier alpha value is -1.53. The molecule has 0 unspecified atom stereocenters. The molecule has 1 fully saturated rings. The van der Waals surface area contributed by atoms with Gasteiger partial charge in [-0.2, -0.15) is 13.2 Å². The van der Waals surface area contributed by atoms with Crippen LogP contribution in [0.4, 0.5) is 19.0 Å². The van der Waals surface area contributed by atoms with Crippen LogP contribution in [-0.2, 0) is 0 Å². The van der Waals surface area contributed by atoms with Crippen LogP contribution in [0.5, 0.6) is 5.88 Å². The maximum Gasteiger partial charge on any atom is 0.391 e. The van der Waals surface area contributed by atoms with Crippen LogP contribution >= 0.6 is 0 Å². The number of halogens is 3. The second-order valence-corrected chi connectivity index (χ2v) is 4.45. The highest BCUT2D eigenvalue weighted by molar-refractivity contribution is 5.41. The van der Waals surface area contributed by atoms with Gasteiger partial charge < -0.3 is 9.64 Å². The standard InChI is InChI=1S/C12H16F3N3O/c1-2-19-11-7-10(16-8-17-11)18-5-3-9(4-6-18)12(13,14)15/h7-9H,2-6H2,1H3. The highest BCUT2D eigenvalue weighted by Crippen LogP contribution is 2.35. The van der Waals surface area contributed by atoms with Crippen LogP contribution in [0.25, 0.3) is 0 Å². The summed E-state index contributed by atoms with van der Waals surface area (Å²) >= 11 is 0. The van der Waals surface area contributed by atoms with Crippen molar-refractivity contribution < 1.29 is 17.9 Å². The van der Waals surface area contributed by atoms with E-state index < -0.39 is 12.1 Å². The predicted octanol–water partition coefficient (Wildman–Crippen LogP) is 2.65. The molecule has 2 heterocycles. The van der Waals surface area contributed by atoms with E-state index in [1.54, 1.807) is 6.07 Å². The summed E-state index contributed by atoms with van der Waals surface area (Å²) < 4.78 is 43.0. The fourth-order valence-electron chi connectivity index (χ4n) is 2.17. The molecule has 0 atom stereocenters. The third-order valence-corrected chi connectivity index (χ3v) is 3.20. The first-order valence-corrected chi connectivity index (χ1v) is 6.27. The van der Waals surface area contributed by atoms with Gasteiger partial charge in [-0.05, 0) is 19.8 Å². The zero-order chi connectivity index (χ0) is 13.9. The molecule has 1 aromatic rings. The molecule has 0 saturated carbocycles. The molecular formula is C12H16F3N3O. The molecular weight excluding hydrogens is 259 g/mol. The van der Waals surface area contributed by atoms with Crippen molar-refractivity contribution in [2.45, 2.75) is 25.9 Å². The molecule has 2 rings (SSSR count). The van der Waals surface area contributed by atoms with Crippen molar-refractivity contribution in [3.63, 3.8) is 0 Å². The van der Waals surface area contributed by atoms with E-state index in [9.17, 15) is 13.2 Å². The highest BCUT2D eigenvalue weighted by atomic mass is 19.4. The zero-order valence-electron chi connectivity index (χ0n) is 10.7. The largest absolute Gasteiger partial charge is 0.478 e. The summed E-state index contributed by atoms with van der Waals surface area (Å²) in [6.45, 7) is 3.04. The normalized spacial score (nSPS) is 17.6. The van der Waals surface area contributed by atoms with Gasteiger partial charge in [0.1, 0.15) is 12.1 Å². The number of aromatic nitrogens is 2. The number of nitrogens with zero attached hydrogens (tertiary/aromatic N) is 3. The summed E-state index contributed by atoms with van der Waals surface area (Å²) in [4.78, 5) is 9.86. The van der Waals surface area contributed by atoms with Crippen LogP contribution in [0, 0.1) is 5.92 Å². The molecule has 0 amide bonds. The van der Waals surface area contributed by atoms with E-state index in [0.717, 1.165) is 0 Å². The minimum Gasteiger partial charge on any atom is -0.478 e. The minimum atomic E-state index is -4.09. The first kappa shape index (κ1) is 13.9. The zero-order valence-corrected chi connectivity index (χ0v) is 10.7. The summed E-state index contributed by atoms with van der Waals surface area (Å²) in [7, 11) is 0. The lowest BCUT2D eigenvalue weighted by Crippen LogP contribution is -2.39. The van der Waals surface area contributed by atoms with Gasteiger partial charge in [0.15, 0.2) is 0 Å². The second kappa shape index (κ2) is 5.63. The number of ether oxygens (including phenoxy) is 1. The van der Waals surface area contributed by atoms with E-state index in [2.05, 4.69) is 9.97 Å². The number of hydrogen-bond acceptors (Lipinski definition) is 4. The maximum atomic E-state index is 12.6. The Morgan fingerprint density at radius 3 is 2.58 bits per heavy atom. The van der Waals surface area contributed by atoms with Crippen molar-refractivity contribution >= 4 is 5.82 Å². The van der Waals surface area contributed by atoms with Crippen LogP contribution in [-0.4, -0.2) is 35.8 Å². The van der Waals surface area contributed by atoms with Crippen molar-refractivity contribution in [2.75, 3.05) is 24.6 Å². The van der Waals surface area contributed by atoms with Gasteiger partial charge in [-0.3, -0.25) is 0 Å². The summed E-state index contributed by atoms with van der Waals surface area (Å²) in [6, 6.07) is 1.66. The second-order valence-electron chi connectivity index (χ2n) is 4.45. The van der Waals surface area contributed by atoms with E-state index in [1.165, 1.54) is 6.33 Å². The van der Waals surface area contributed by atoms with Gasteiger partial charge in [0.25, 0.3) is 0 Å².